The van der Waals surface area contributed by atoms with Gasteiger partial charge in [0.15, 0.2) is 0 Å². The number of hydrogen-bond donors (Lipinski definition) is 1. The zero-order valence-electron chi connectivity index (χ0n) is 11.1. The third-order valence-electron chi connectivity index (χ3n) is 3.71. The third-order valence-corrected chi connectivity index (χ3v) is 3.71. The molecule has 3 rings (SSSR count). The van der Waals surface area contributed by atoms with Crippen molar-refractivity contribution in [1.29, 1.82) is 0 Å². The molecule has 1 N–H and O–H groups in total. The molecule has 19 heavy (non-hydrogen) atoms. The van der Waals surface area contributed by atoms with Crippen LogP contribution in [0.25, 0.3) is 0 Å². The summed E-state index contributed by atoms with van der Waals surface area (Å²) in [4.78, 5) is 0. The lowest BCUT2D eigenvalue weighted by molar-refractivity contribution is 0.185. The van der Waals surface area contributed by atoms with Gasteiger partial charge in [-0.1, -0.05) is 25.1 Å². The number of ether oxygens (including phenoxy) is 1. The van der Waals surface area contributed by atoms with Crippen molar-refractivity contribution in [1.82, 2.24) is 5.32 Å². The number of benzene rings is 1. The van der Waals surface area contributed by atoms with Crippen molar-refractivity contribution in [3.63, 3.8) is 0 Å². The minimum atomic E-state index is 0.289. The summed E-state index contributed by atoms with van der Waals surface area (Å²) < 4.78 is 11.1. The predicted molar refractivity (Wildman–Crippen MR) is 74.3 cm³/mol. The van der Waals surface area contributed by atoms with E-state index in [1.54, 1.807) is 6.26 Å². The highest BCUT2D eigenvalue weighted by atomic mass is 16.5. The number of para-hydroxylation sites is 1. The van der Waals surface area contributed by atoms with Crippen LogP contribution in [-0.2, 0) is 6.42 Å². The fourth-order valence-corrected chi connectivity index (χ4v) is 2.79. The summed E-state index contributed by atoms with van der Waals surface area (Å²) in [6.07, 6.45) is 4.60. The van der Waals surface area contributed by atoms with E-state index in [9.17, 15) is 0 Å². The minimum absolute atomic E-state index is 0.289. The number of furan rings is 1. The third kappa shape index (κ3) is 2.51. The van der Waals surface area contributed by atoms with Gasteiger partial charge in [-0.15, -0.1) is 0 Å². The van der Waals surface area contributed by atoms with Gasteiger partial charge < -0.3 is 14.5 Å². The highest BCUT2D eigenvalue weighted by Crippen LogP contribution is 2.33. The Kier molecular flexibility index (Phi) is 3.56. The van der Waals surface area contributed by atoms with E-state index < -0.39 is 0 Å². The first-order valence-electron chi connectivity index (χ1n) is 6.84. The molecule has 2 heterocycles. The second-order valence-electron chi connectivity index (χ2n) is 4.97. The molecular formula is C16H19NO2. The number of fused-ring (bicyclic) bond motifs is 1. The first-order chi connectivity index (χ1) is 9.38. The Morgan fingerprint density at radius 2 is 2.21 bits per heavy atom. The lowest BCUT2D eigenvalue weighted by Gasteiger charge is -2.31. The van der Waals surface area contributed by atoms with Crippen LogP contribution >= 0.6 is 0 Å². The SMILES string of the molecule is CCNC(c1ccoc1)C1COc2ccccc2C1. The van der Waals surface area contributed by atoms with Gasteiger partial charge in [0.25, 0.3) is 0 Å². The molecule has 0 saturated carbocycles. The van der Waals surface area contributed by atoms with Gasteiger partial charge in [0.1, 0.15) is 5.75 Å². The molecule has 3 heteroatoms. The molecule has 0 radical (unpaired) electrons. The molecule has 1 aliphatic rings. The van der Waals surface area contributed by atoms with Gasteiger partial charge in [0.05, 0.1) is 19.1 Å². The molecule has 1 aromatic carbocycles. The summed E-state index contributed by atoms with van der Waals surface area (Å²) in [7, 11) is 0. The molecule has 1 aliphatic heterocycles. The van der Waals surface area contributed by atoms with Gasteiger partial charge in [0.2, 0.25) is 0 Å². The molecular weight excluding hydrogens is 238 g/mol. The zero-order valence-corrected chi connectivity index (χ0v) is 11.1. The van der Waals surface area contributed by atoms with Crippen LogP contribution in [0.3, 0.4) is 0 Å². The van der Waals surface area contributed by atoms with Crippen LogP contribution in [0.5, 0.6) is 5.75 Å². The lowest BCUT2D eigenvalue weighted by atomic mass is 9.87. The Morgan fingerprint density at radius 3 is 3.00 bits per heavy atom. The molecule has 0 bridgehead atoms. The molecule has 0 aliphatic carbocycles. The Labute approximate surface area is 113 Å². The molecule has 3 nitrogen and oxygen atoms in total. The number of hydrogen-bond acceptors (Lipinski definition) is 3. The van der Waals surface area contributed by atoms with E-state index in [0.29, 0.717) is 5.92 Å². The van der Waals surface area contributed by atoms with Gasteiger partial charge in [0, 0.05) is 17.5 Å². The Bertz CT molecular complexity index is 521. The van der Waals surface area contributed by atoms with Crippen LogP contribution in [-0.4, -0.2) is 13.2 Å². The van der Waals surface area contributed by atoms with Crippen molar-refractivity contribution < 1.29 is 9.15 Å². The largest absolute Gasteiger partial charge is 0.493 e. The Balaban J connectivity index is 1.82. The van der Waals surface area contributed by atoms with E-state index in [2.05, 4.69) is 24.4 Å². The smallest absolute Gasteiger partial charge is 0.122 e. The van der Waals surface area contributed by atoms with Crippen LogP contribution in [0.15, 0.2) is 47.3 Å². The molecule has 0 amide bonds. The van der Waals surface area contributed by atoms with E-state index in [1.807, 2.05) is 24.5 Å². The predicted octanol–water partition coefficient (Wildman–Crippen LogP) is 3.18. The molecule has 1 aromatic heterocycles. The van der Waals surface area contributed by atoms with E-state index >= 15 is 0 Å². The summed E-state index contributed by atoms with van der Waals surface area (Å²) >= 11 is 0. The van der Waals surface area contributed by atoms with E-state index in [0.717, 1.165) is 25.3 Å². The molecule has 0 spiro atoms. The summed E-state index contributed by atoms with van der Waals surface area (Å²) in [5.41, 5.74) is 2.50. The monoisotopic (exact) mass is 257 g/mol. The van der Waals surface area contributed by atoms with Crippen LogP contribution in [0, 0.1) is 5.92 Å². The van der Waals surface area contributed by atoms with Gasteiger partial charge in [-0.05, 0) is 30.7 Å². The van der Waals surface area contributed by atoms with Gasteiger partial charge >= 0.3 is 0 Å². The average molecular weight is 257 g/mol. The van der Waals surface area contributed by atoms with Crippen molar-refractivity contribution in [3.05, 3.63) is 54.0 Å². The van der Waals surface area contributed by atoms with Gasteiger partial charge in [-0.25, -0.2) is 0 Å². The standard InChI is InChI=1S/C16H19NO2/c1-2-17-16(13-7-8-18-10-13)14-9-12-5-3-4-6-15(12)19-11-14/h3-8,10,14,16-17H,2,9,11H2,1H3. The first-order valence-corrected chi connectivity index (χ1v) is 6.84. The van der Waals surface area contributed by atoms with Crippen molar-refractivity contribution in [2.75, 3.05) is 13.2 Å². The lowest BCUT2D eigenvalue weighted by Crippen LogP contribution is -2.34. The normalized spacial score (nSPS) is 19.5. The van der Waals surface area contributed by atoms with E-state index in [4.69, 9.17) is 9.15 Å². The molecule has 2 unspecified atom stereocenters. The number of nitrogens with one attached hydrogen (secondary N) is 1. The zero-order chi connectivity index (χ0) is 13.1. The molecule has 2 aromatic rings. The second-order valence-corrected chi connectivity index (χ2v) is 4.97. The maximum atomic E-state index is 5.89. The summed E-state index contributed by atoms with van der Waals surface area (Å²) in [6.45, 7) is 3.82. The van der Waals surface area contributed by atoms with Crippen molar-refractivity contribution in [2.24, 2.45) is 5.92 Å². The molecule has 0 saturated heterocycles. The fraction of sp³-hybridized carbons (Fsp3) is 0.375. The Morgan fingerprint density at radius 1 is 1.32 bits per heavy atom. The quantitative estimate of drug-likeness (QED) is 0.913. The topological polar surface area (TPSA) is 34.4 Å². The van der Waals surface area contributed by atoms with Gasteiger partial charge in [-0.3, -0.25) is 0 Å². The van der Waals surface area contributed by atoms with Crippen LogP contribution in [0.2, 0.25) is 0 Å². The molecule has 100 valence electrons. The van der Waals surface area contributed by atoms with Crippen molar-refractivity contribution in [3.8, 4) is 5.75 Å². The van der Waals surface area contributed by atoms with E-state index in [1.165, 1.54) is 11.1 Å². The summed E-state index contributed by atoms with van der Waals surface area (Å²) in [5.74, 6) is 1.47. The maximum Gasteiger partial charge on any atom is 0.122 e. The first kappa shape index (κ1) is 12.3. The van der Waals surface area contributed by atoms with Crippen LogP contribution < -0.4 is 10.1 Å². The summed E-state index contributed by atoms with van der Waals surface area (Å²) in [6, 6.07) is 10.6. The van der Waals surface area contributed by atoms with Crippen LogP contribution in [0.4, 0.5) is 0 Å². The highest BCUT2D eigenvalue weighted by Gasteiger charge is 2.28. The maximum absolute atomic E-state index is 5.89. The van der Waals surface area contributed by atoms with E-state index in [-0.39, 0.29) is 6.04 Å². The van der Waals surface area contributed by atoms with Gasteiger partial charge in [-0.2, -0.15) is 0 Å². The summed E-state index contributed by atoms with van der Waals surface area (Å²) in [5, 5.41) is 3.55. The van der Waals surface area contributed by atoms with Crippen molar-refractivity contribution >= 4 is 0 Å². The Hall–Kier alpha value is -1.74. The average Bonchev–Trinajstić information content (AvgIpc) is 2.98. The minimum Gasteiger partial charge on any atom is -0.493 e. The second kappa shape index (κ2) is 5.49. The fourth-order valence-electron chi connectivity index (χ4n) is 2.79. The highest BCUT2D eigenvalue weighted by molar-refractivity contribution is 5.35. The van der Waals surface area contributed by atoms with Crippen LogP contribution in [0.1, 0.15) is 24.1 Å². The number of rotatable bonds is 4. The van der Waals surface area contributed by atoms with Crippen molar-refractivity contribution in [2.45, 2.75) is 19.4 Å². The molecule has 0 fully saturated rings. The molecule has 2 atom stereocenters.